The first-order valence-corrected chi connectivity index (χ1v) is 5.55. The van der Waals surface area contributed by atoms with Gasteiger partial charge in [-0.2, -0.15) is 18.3 Å². The van der Waals surface area contributed by atoms with Crippen molar-refractivity contribution in [3.63, 3.8) is 0 Å². The second-order valence-electron chi connectivity index (χ2n) is 5.38. The third kappa shape index (κ3) is 2.09. The molecular formula is C11H14F3N3O. The summed E-state index contributed by atoms with van der Waals surface area (Å²) in [6, 6.07) is 0. The maximum atomic E-state index is 12.9. The van der Waals surface area contributed by atoms with Gasteiger partial charge in [0.1, 0.15) is 5.82 Å². The lowest BCUT2D eigenvalue weighted by Crippen LogP contribution is -2.34. The van der Waals surface area contributed by atoms with Crippen LogP contribution in [-0.4, -0.2) is 21.9 Å². The van der Waals surface area contributed by atoms with Gasteiger partial charge in [-0.15, -0.1) is 0 Å². The van der Waals surface area contributed by atoms with Crippen LogP contribution in [0, 0.1) is 0 Å². The number of aromatic nitrogens is 2. The van der Waals surface area contributed by atoms with Crippen LogP contribution in [0.15, 0.2) is 6.20 Å². The molecule has 4 nitrogen and oxygen atoms in total. The van der Waals surface area contributed by atoms with E-state index in [0.717, 1.165) is 0 Å². The van der Waals surface area contributed by atoms with E-state index in [2.05, 4.69) is 10.4 Å². The predicted molar refractivity (Wildman–Crippen MR) is 59.3 cm³/mol. The molecule has 0 aliphatic carbocycles. The number of fused-ring (bicyclic) bond motifs is 1. The standard InChI is InChI=1S/C11H14F3N3O/c1-10(2,3)17-9-6(5-15-17)7(11(12,13)14)4-8(18)16-9/h5,7H,4H2,1-3H3,(H,16,18). The highest BCUT2D eigenvalue weighted by Crippen LogP contribution is 2.44. The monoisotopic (exact) mass is 261 g/mol. The second-order valence-corrected chi connectivity index (χ2v) is 5.38. The normalized spacial score (nSPS) is 20.6. The van der Waals surface area contributed by atoms with E-state index in [-0.39, 0.29) is 11.4 Å². The Labute approximate surface area is 102 Å². The van der Waals surface area contributed by atoms with Crippen molar-refractivity contribution >= 4 is 11.7 Å². The first-order valence-electron chi connectivity index (χ1n) is 5.55. The molecule has 1 aliphatic rings. The van der Waals surface area contributed by atoms with E-state index < -0.39 is 30.0 Å². The lowest BCUT2D eigenvalue weighted by Gasteiger charge is -2.28. The molecule has 0 bridgehead atoms. The van der Waals surface area contributed by atoms with Crippen LogP contribution in [0.5, 0.6) is 0 Å². The minimum atomic E-state index is -4.43. The van der Waals surface area contributed by atoms with Crippen molar-refractivity contribution in [1.29, 1.82) is 0 Å². The molecule has 1 N–H and O–H groups in total. The molecule has 0 spiro atoms. The zero-order valence-electron chi connectivity index (χ0n) is 10.3. The maximum Gasteiger partial charge on any atom is 0.396 e. The summed E-state index contributed by atoms with van der Waals surface area (Å²) in [4.78, 5) is 11.4. The molecule has 7 heteroatoms. The Kier molecular flexibility index (Phi) is 2.68. The minimum Gasteiger partial charge on any atom is -0.311 e. The number of hydrogen-bond donors (Lipinski definition) is 1. The highest BCUT2D eigenvalue weighted by molar-refractivity contribution is 5.93. The van der Waals surface area contributed by atoms with Crippen LogP contribution in [0.3, 0.4) is 0 Å². The number of nitrogens with one attached hydrogen (secondary N) is 1. The molecule has 18 heavy (non-hydrogen) atoms. The molecule has 2 rings (SSSR count). The van der Waals surface area contributed by atoms with Crippen molar-refractivity contribution < 1.29 is 18.0 Å². The van der Waals surface area contributed by atoms with E-state index in [9.17, 15) is 18.0 Å². The van der Waals surface area contributed by atoms with Crippen LogP contribution >= 0.6 is 0 Å². The molecule has 0 saturated heterocycles. The Morgan fingerprint density at radius 1 is 1.39 bits per heavy atom. The summed E-state index contributed by atoms with van der Waals surface area (Å²) in [7, 11) is 0. The highest BCUT2D eigenvalue weighted by Gasteiger charge is 2.47. The third-order valence-corrected chi connectivity index (χ3v) is 2.85. The van der Waals surface area contributed by atoms with Crippen molar-refractivity contribution in [2.24, 2.45) is 0 Å². The van der Waals surface area contributed by atoms with Crippen LogP contribution in [-0.2, 0) is 10.3 Å². The number of hydrogen-bond acceptors (Lipinski definition) is 2. The first kappa shape index (κ1) is 12.9. The highest BCUT2D eigenvalue weighted by atomic mass is 19.4. The van der Waals surface area contributed by atoms with Gasteiger partial charge in [-0.05, 0) is 20.8 Å². The molecular weight excluding hydrogens is 247 g/mol. The van der Waals surface area contributed by atoms with Crippen molar-refractivity contribution in [2.45, 2.75) is 44.8 Å². The van der Waals surface area contributed by atoms with Crippen LogP contribution in [0.2, 0.25) is 0 Å². The number of carbonyl (C=O) groups is 1. The van der Waals surface area contributed by atoms with Crippen LogP contribution in [0.25, 0.3) is 0 Å². The molecule has 0 aromatic carbocycles. The summed E-state index contributed by atoms with van der Waals surface area (Å²) in [6.45, 7) is 5.43. The molecule has 0 fully saturated rings. The van der Waals surface area contributed by atoms with Gasteiger partial charge >= 0.3 is 6.18 Å². The number of amides is 1. The van der Waals surface area contributed by atoms with Gasteiger partial charge in [0.15, 0.2) is 0 Å². The fourth-order valence-electron chi connectivity index (χ4n) is 2.02. The molecule has 1 aromatic heterocycles. The summed E-state index contributed by atoms with van der Waals surface area (Å²) in [5, 5.41) is 6.45. The Balaban J connectivity index is 2.53. The largest absolute Gasteiger partial charge is 0.396 e. The Hall–Kier alpha value is -1.53. The zero-order valence-corrected chi connectivity index (χ0v) is 10.3. The van der Waals surface area contributed by atoms with E-state index in [1.165, 1.54) is 10.9 Å². The number of nitrogens with zero attached hydrogens (tertiary/aromatic N) is 2. The fraction of sp³-hybridized carbons (Fsp3) is 0.636. The maximum absolute atomic E-state index is 12.9. The quantitative estimate of drug-likeness (QED) is 0.780. The molecule has 0 radical (unpaired) electrons. The van der Waals surface area contributed by atoms with Crippen LogP contribution < -0.4 is 5.32 Å². The van der Waals surface area contributed by atoms with Crippen molar-refractivity contribution in [3.8, 4) is 0 Å². The zero-order chi connectivity index (χ0) is 13.7. The smallest absolute Gasteiger partial charge is 0.311 e. The van der Waals surface area contributed by atoms with Gasteiger partial charge in [0, 0.05) is 12.0 Å². The number of halogens is 3. The lowest BCUT2D eigenvalue weighted by molar-refractivity contribution is -0.156. The second kappa shape index (κ2) is 3.73. The summed E-state index contributed by atoms with van der Waals surface area (Å²) in [5.74, 6) is -2.24. The minimum absolute atomic E-state index is 0.0389. The molecule has 1 aromatic rings. The van der Waals surface area contributed by atoms with Gasteiger partial charge in [-0.3, -0.25) is 4.79 Å². The predicted octanol–water partition coefficient (Wildman–Crippen LogP) is 2.63. The van der Waals surface area contributed by atoms with E-state index in [0.29, 0.717) is 0 Å². The summed E-state index contributed by atoms with van der Waals surface area (Å²) in [6.07, 6.45) is -3.82. The van der Waals surface area contributed by atoms with Crippen LogP contribution in [0.1, 0.15) is 38.7 Å². The Morgan fingerprint density at radius 3 is 2.50 bits per heavy atom. The molecule has 2 heterocycles. The molecule has 1 unspecified atom stereocenters. The van der Waals surface area contributed by atoms with Gasteiger partial charge in [-0.1, -0.05) is 0 Å². The lowest BCUT2D eigenvalue weighted by atomic mass is 9.93. The van der Waals surface area contributed by atoms with Gasteiger partial charge in [0.2, 0.25) is 5.91 Å². The first-order chi connectivity index (χ1) is 8.10. The average molecular weight is 261 g/mol. The fourth-order valence-corrected chi connectivity index (χ4v) is 2.02. The number of rotatable bonds is 0. The van der Waals surface area contributed by atoms with E-state index in [1.807, 2.05) is 20.8 Å². The number of alkyl halides is 3. The molecule has 0 saturated carbocycles. The summed E-state index contributed by atoms with van der Waals surface area (Å²) in [5.41, 5.74) is -0.453. The number of carbonyl (C=O) groups excluding carboxylic acids is 1. The van der Waals surface area contributed by atoms with Gasteiger partial charge in [0.25, 0.3) is 0 Å². The summed E-state index contributed by atoms with van der Waals surface area (Å²) < 4.78 is 40.1. The number of anilines is 1. The summed E-state index contributed by atoms with van der Waals surface area (Å²) >= 11 is 0. The Bertz CT molecular complexity index is 485. The average Bonchev–Trinajstić information content (AvgIpc) is 2.57. The van der Waals surface area contributed by atoms with Crippen LogP contribution in [0.4, 0.5) is 19.0 Å². The van der Waals surface area contributed by atoms with E-state index >= 15 is 0 Å². The van der Waals surface area contributed by atoms with Crippen molar-refractivity contribution in [3.05, 3.63) is 11.8 Å². The molecule has 1 atom stereocenters. The van der Waals surface area contributed by atoms with E-state index in [4.69, 9.17) is 0 Å². The topological polar surface area (TPSA) is 46.9 Å². The Morgan fingerprint density at radius 2 is 2.00 bits per heavy atom. The van der Waals surface area contributed by atoms with Gasteiger partial charge in [-0.25, -0.2) is 4.68 Å². The van der Waals surface area contributed by atoms with Crippen molar-refractivity contribution in [1.82, 2.24) is 9.78 Å². The van der Waals surface area contributed by atoms with Gasteiger partial charge < -0.3 is 5.32 Å². The van der Waals surface area contributed by atoms with Crippen molar-refractivity contribution in [2.75, 3.05) is 5.32 Å². The van der Waals surface area contributed by atoms with E-state index in [1.54, 1.807) is 0 Å². The third-order valence-electron chi connectivity index (χ3n) is 2.85. The molecule has 1 amide bonds. The SMILES string of the molecule is CC(C)(C)n1ncc2c1NC(=O)CC2C(F)(F)F. The molecule has 100 valence electrons. The van der Waals surface area contributed by atoms with Gasteiger partial charge in [0.05, 0.1) is 17.7 Å². The molecule has 1 aliphatic heterocycles.